The number of aryl methyl sites for hydroxylation is 1. The number of benzene rings is 1. The molecule has 0 spiro atoms. The highest BCUT2D eigenvalue weighted by Gasteiger charge is 2.29. The van der Waals surface area contributed by atoms with Crippen molar-refractivity contribution in [1.82, 2.24) is 5.32 Å². The molecule has 0 radical (unpaired) electrons. The molecule has 1 aromatic carbocycles. The van der Waals surface area contributed by atoms with Gasteiger partial charge in [0.2, 0.25) is 0 Å². The third-order valence-corrected chi connectivity index (χ3v) is 4.58. The highest BCUT2D eigenvalue weighted by atomic mass is 35.5. The summed E-state index contributed by atoms with van der Waals surface area (Å²) in [5.74, 6) is 1.42. The molecule has 1 fully saturated rings. The molecule has 0 aliphatic heterocycles. The van der Waals surface area contributed by atoms with Crippen LogP contribution in [0.15, 0.2) is 18.2 Å². The summed E-state index contributed by atoms with van der Waals surface area (Å²) in [6, 6.07) is 6.60. The molecule has 2 atom stereocenters. The fraction of sp³-hybridized carbons (Fsp3) is 0.647. The van der Waals surface area contributed by atoms with Gasteiger partial charge < -0.3 is 5.32 Å². The summed E-state index contributed by atoms with van der Waals surface area (Å²) >= 11 is 6.27. The molecule has 19 heavy (non-hydrogen) atoms. The standard InChI is InChI=1S/C17H26ClN/c1-12-8-9-13(10-16(12)18)15-7-5-6-14(15)11-19-17(2,3)4/h8-10,14-15,19H,5-7,11H2,1-4H3. The lowest BCUT2D eigenvalue weighted by Crippen LogP contribution is -2.39. The normalized spacial score (nSPS) is 23.8. The molecule has 0 amide bonds. The van der Waals surface area contributed by atoms with Crippen LogP contribution in [0.1, 0.15) is 57.1 Å². The largest absolute Gasteiger partial charge is 0.312 e. The second-order valence-corrected chi connectivity index (χ2v) is 7.34. The van der Waals surface area contributed by atoms with E-state index in [1.807, 2.05) is 0 Å². The van der Waals surface area contributed by atoms with Gasteiger partial charge in [0.25, 0.3) is 0 Å². The van der Waals surface area contributed by atoms with E-state index in [1.165, 1.54) is 30.4 Å². The fourth-order valence-electron chi connectivity index (χ4n) is 3.00. The highest BCUT2D eigenvalue weighted by Crippen LogP contribution is 2.40. The van der Waals surface area contributed by atoms with Crippen LogP contribution in [0.5, 0.6) is 0 Å². The van der Waals surface area contributed by atoms with E-state index in [0.717, 1.165) is 17.5 Å². The zero-order valence-electron chi connectivity index (χ0n) is 12.6. The van der Waals surface area contributed by atoms with Gasteiger partial charge in [-0.2, -0.15) is 0 Å². The summed E-state index contributed by atoms with van der Waals surface area (Å²) in [6.45, 7) is 9.89. The summed E-state index contributed by atoms with van der Waals surface area (Å²) in [5.41, 5.74) is 2.81. The molecule has 2 heteroatoms. The van der Waals surface area contributed by atoms with Gasteiger partial charge in [0.1, 0.15) is 0 Å². The Labute approximate surface area is 122 Å². The van der Waals surface area contributed by atoms with E-state index >= 15 is 0 Å². The van der Waals surface area contributed by atoms with E-state index in [2.05, 4.69) is 51.2 Å². The van der Waals surface area contributed by atoms with Crippen LogP contribution in [0.3, 0.4) is 0 Å². The highest BCUT2D eigenvalue weighted by molar-refractivity contribution is 6.31. The quantitative estimate of drug-likeness (QED) is 0.828. The molecular weight excluding hydrogens is 254 g/mol. The minimum atomic E-state index is 0.206. The topological polar surface area (TPSA) is 12.0 Å². The molecule has 106 valence electrons. The number of hydrogen-bond donors (Lipinski definition) is 1. The van der Waals surface area contributed by atoms with Crippen LogP contribution in [0, 0.1) is 12.8 Å². The van der Waals surface area contributed by atoms with Gasteiger partial charge in [0, 0.05) is 10.6 Å². The maximum Gasteiger partial charge on any atom is 0.0438 e. The van der Waals surface area contributed by atoms with Crippen molar-refractivity contribution in [2.75, 3.05) is 6.54 Å². The Morgan fingerprint density at radius 3 is 2.63 bits per heavy atom. The van der Waals surface area contributed by atoms with E-state index in [4.69, 9.17) is 11.6 Å². The average Bonchev–Trinajstić information content (AvgIpc) is 2.77. The van der Waals surface area contributed by atoms with Crippen molar-refractivity contribution < 1.29 is 0 Å². The molecule has 1 aromatic rings. The first kappa shape index (κ1) is 14.9. The third kappa shape index (κ3) is 3.97. The minimum Gasteiger partial charge on any atom is -0.312 e. The van der Waals surface area contributed by atoms with Gasteiger partial charge in [-0.25, -0.2) is 0 Å². The molecule has 0 heterocycles. The number of nitrogens with one attached hydrogen (secondary N) is 1. The molecule has 1 N–H and O–H groups in total. The summed E-state index contributed by atoms with van der Waals surface area (Å²) in [7, 11) is 0. The summed E-state index contributed by atoms with van der Waals surface area (Å²) in [4.78, 5) is 0. The predicted molar refractivity (Wildman–Crippen MR) is 84.0 cm³/mol. The van der Waals surface area contributed by atoms with Crippen LogP contribution in [0.25, 0.3) is 0 Å². The fourth-order valence-corrected chi connectivity index (χ4v) is 3.19. The lowest BCUT2D eigenvalue weighted by atomic mass is 9.88. The van der Waals surface area contributed by atoms with Crippen LogP contribution >= 0.6 is 11.6 Å². The zero-order valence-corrected chi connectivity index (χ0v) is 13.3. The van der Waals surface area contributed by atoms with Crippen molar-refractivity contribution in [2.45, 2.75) is 58.4 Å². The van der Waals surface area contributed by atoms with Gasteiger partial charge in [0.15, 0.2) is 0 Å². The van der Waals surface area contributed by atoms with Crippen LogP contribution < -0.4 is 5.32 Å². The first-order valence-electron chi connectivity index (χ1n) is 7.38. The van der Waals surface area contributed by atoms with Gasteiger partial charge >= 0.3 is 0 Å². The molecule has 1 aliphatic carbocycles. The molecular formula is C17H26ClN. The SMILES string of the molecule is Cc1ccc(C2CCCC2CNC(C)(C)C)cc1Cl. The molecule has 1 nitrogen and oxygen atoms in total. The van der Waals surface area contributed by atoms with E-state index in [0.29, 0.717) is 5.92 Å². The van der Waals surface area contributed by atoms with Crippen LogP contribution in [0.2, 0.25) is 5.02 Å². The molecule has 1 saturated carbocycles. The Balaban J connectivity index is 2.07. The molecule has 1 aliphatic rings. The van der Waals surface area contributed by atoms with Crippen molar-refractivity contribution in [2.24, 2.45) is 5.92 Å². The number of halogens is 1. The van der Waals surface area contributed by atoms with E-state index in [1.54, 1.807) is 0 Å². The van der Waals surface area contributed by atoms with Crippen molar-refractivity contribution in [3.63, 3.8) is 0 Å². The van der Waals surface area contributed by atoms with Gasteiger partial charge in [-0.15, -0.1) is 0 Å². The minimum absolute atomic E-state index is 0.206. The molecule has 0 aromatic heterocycles. The summed E-state index contributed by atoms with van der Waals surface area (Å²) in [5, 5.41) is 4.57. The molecule has 2 rings (SSSR count). The predicted octanol–water partition coefficient (Wildman–Crippen LogP) is 4.92. The lowest BCUT2D eigenvalue weighted by Gasteiger charge is -2.27. The summed E-state index contributed by atoms with van der Waals surface area (Å²) in [6.07, 6.45) is 3.97. The Kier molecular flexibility index (Phi) is 4.58. The Hall–Kier alpha value is -0.530. The first-order valence-corrected chi connectivity index (χ1v) is 7.76. The van der Waals surface area contributed by atoms with Gasteiger partial charge in [-0.05, 0) is 76.1 Å². The van der Waals surface area contributed by atoms with Crippen molar-refractivity contribution in [3.8, 4) is 0 Å². The monoisotopic (exact) mass is 279 g/mol. The molecule has 0 bridgehead atoms. The number of rotatable bonds is 3. The second-order valence-electron chi connectivity index (χ2n) is 6.94. The Morgan fingerprint density at radius 2 is 2.00 bits per heavy atom. The van der Waals surface area contributed by atoms with Crippen molar-refractivity contribution in [1.29, 1.82) is 0 Å². The second kappa shape index (κ2) is 5.85. The van der Waals surface area contributed by atoms with Crippen molar-refractivity contribution >= 4 is 11.6 Å². The zero-order chi connectivity index (χ0) is 14.0. The van der Waals surface area contributed by atoms with Crippen molar-refractivity contribution in [3.05, 3.63) is 34.3 Å². The number of hydrogen-bond acceptors (Lipinski definition) is 1. The summed E-state index contributed by atoms with van der Waals surface area (Å²) < 4.78 is 0. The smallest absolute Gasteiger partial charge is 0.0438 e. The first-order chi connectivity index (χ1) is 8.87. The molecule has 0 saturated heterocycles. The Bertz CT molecular complexity index is 433. The van der Waals surface area contributed by atoms with E-state index < -0.39 is 0 Å². The van der Waals surface area contributed by atoms with Gasteiger partial charge in [0.05, 0.1) is 0 Å². The average molecular weight is 280 g/mol. The Morgan fingerprint density at radius 1 is 1.26 bits per heavy atom. The maximum atomic E-state index is 6.27. The van der Waals surface area contributed by atoms with Crippen LogP contribution in [0.4, 0.5) is 0 Å². The van der Waals surface area contributed by atoms with Gasteiger partial charge in [-0.3, -0.25) is 0 Å². The lowest BCUT2D eigenvalue weighted by molar-refractivity contribution is 0.356. The van der Waals surface area contributed by atoms with E-state index in [-0.39, 0.29) is 5.54 Å². The van der Waals surface area contributed by atoms with Gasteiger partial charge in [-0.1, -0.05) is 30.2 Å². The van der Waals surface area contributed by atoms with E-state index in [9.17, 15) is 0 Å². The van der Waals surface area contributed by atoms with Crippen LogP contribution in [-0.4, -0.2) is 12.1 Å². The maximum absolute atomic E-state index is 6.27. The van der Waals surface area contributed by atoms with Crippen LogP contribution in [-0.2, 0) is 0 Å². The molecule has 2 unspecified atom stereocenters. The third-order valence-electron chi connectivity index (χ3n) is 4.18.